The molecule has 5 aromatic rings. The molecule has 0 aliphatic carbocycles. The molecule has 1 atom stereocenters. The van der Waals surface area contributed by atoms with Gasteiger partial charge in [0.1, 0.15) is 22.7 Å². The Morgan fingerprint density at radius 2 is 1.74 bits per heavy atom. The van der Waals surface area contributed by atoms with Gasteiger partial charge >= 0.3 is 0 Å². The minimum Gasteiger partial charge on any atom is -0.485 e. The summed E-state index contributed by atoms with van der Waals surface area (Å²) in [5.74, 6) is 0.152. The van der Waals surface area contributed by atoms with Crippen LogP contribution in [0.15, 0.2) is 91.1 Å². The summed E-state index contributed by atoms with van der Waals surface area (Å²) in [7, 11) is 0. The van der Waals surface area contributed by atoms with Gasteiger partial charge < -0.3 is 10.1 Å². The fourth-order valence-corrected chi connectivity index (χ4v) is 4.15. The number of nitrogens with zero attached hydrogens (tertiary/aromatic N) is 2. The molecule has 5 rings (SSSR count). The number of nitrogens with one attached hydrogen (secondary N) is 2. The van der Waals surface area contributed by atoms with Gasteiger partial charge in [0.15, 0.2) is 0 Å². The smallest absolute Gasteiger partial charge is 0.259 e. The van der Waals surface area contributed by atoms with Crippen molar-refractivity contribution in [2.45, 2.75) is 13.0 Å². The molecular weight excluding hydrogens is 448 g/mol. The Morgan fingerprint density at radius 3 is 2.59 bits per heavy atom. The molecule has 1 unspecified atom stereocenters. The fraction of sp³-hybridized carbons (Fsp3) is 0.0741. The zero-order valence-corrected chi connectivity index (χ0v) is 19.1. The van der Waals surface area contributed by atoms with Crippen LogP contribution in [0.25, 0.3) is 22.2 Å². The van der Waals surface area contributed by atoms with Crippen molar-refractivity contribution in [3.8, 4) is 17.0 Å². The van der Waals surface area contributed by atoms with Gasteiger partial charge in [0, 0.05) is 10.9 Å². The number of hydrogen-bond donors (Lipinski definition) is 2. The molecule has 1 amide bonds. The molecule has 7 heteroatoms. The summed E-state index contributed by atoms with van der Waals surface area (Å²) in [6.07, 6.45) is 1.18. The quantitative estimate of drug-likeness (QED) is 0.291. The molecule has 0 spiro atoms. The molecule has 34 heavy (non-hydrogen) atoms. The van der Waals surface area contributed by atoms with Crippen LogP contribution in [0.1, 0.15) is 28.9 Å². The van der Waals surface area contributed by atoms with Gasteiger partial charge in [-0.3, -0.25) is 14.9 Å². The largest absolute Gasteiger partial charge is 0.485 e. The second kappa shape index (κ2) is 9.37. The lowest BCUT2D eigenvalue weighted by molar-refractivity contribution is 0.102. The third kappa shape index (κ3) is 4.36. The van der Waals surface area contributed by atoms with Crippen LogP contribution >= 0.6 is 11.6 Å². The van der Waals surface area contributed by atoms with Crippen LogP contribution in [0, 0.1) is 0 Å². The fourth-order valence-electron chi connectivity index (χ4n) is 3.86. The molecule has 0 saturated heterocycles. The third-order valence-corrected chi connectivity index (χ3v) is 5.78. The second-order valence-corrected chi connectivity index (χ2v) is 8.17. The highest BCUT2D eigenvalue weighted by molar-refractivity contribution is 6.30. The van der Waals surface area contributed by atoms with Crippen molar-refractivity contribution in [1.29, 1.82) is 0 Å². The summed E-state index contributed by atoms with van der Waals surface area (Å²) in [6, 6.07) is 26.5. The Bertz CT molecular complexity index is 1470. The minimum atomic E-state index is -0.460. The molecule has 0 fully saturated rings. The van der Waals surface area contributed by atoms with E-state index in [1.165, 1.54) is 0 Å². The molecule has 2 N–H and O–H groups in total. The number of H-pyrrole nitrogens is 1. The van der Waals surface area contributed by atoms with Crippen LogP contribution in [0.5, 0.6) is 5.75 Å². The number of halogens is 1. The van der Waals surface area contributed by atoms with Crippen molar-refractivity contribution >= 4 is 34.1 Å². The van der Waals surface area contributed by atoms with E-state index < -0.39 is 6.10 Å². The number of aromatic nitrogens is 3. The average molecular weight is 469 g/mol. The molecule has 0 radical (unpaired) electrons. The average Bonchev–Trinajstić information content (AvgIpc) is 3.26. The van der Waals surface area contributed by atoms with Crippen LogP contribution in [-0.4, -0.2) is 21.1 Å². The van der Waals surface area contributed by atoms with E-state index in [0.717, 1.165) is 22.0 Å². The van der Waals surface area contributed by atoms with Gasteiger partial charge in [-0.25, -0.2) is 0 Å². The zero-order valence-electron chi connectivity index (χ0n) is 18.3. The SMILES string of the molecule is CC(Oc1ccccc1C(=O)Nc1cnc2ccccc2c1)c1c(-c2ccccc2)n[nH]c1Cl. The number of pyridine rings is 1. The van der Waals surface area contributed by atoms with Crippen molar-refractivity contribution in [3.63, 3.8) is 0 Å². The molecular formula is C27H21ClN4O2. The summed E-state index contributed by atoms with van der Waals surface area (Å²) in [5.41, 5.74) is 4.23. The summed E-state index contributed by atoms with van der Waals surface area (Å²) in [4.78, 5) is 17.5. The Hall–Kier alpha value is -4.16. The summed E-state index contributed by atoms with van der Waals surface area (Å²) in [5, 5.41) is 11.5. The number of rotatable bonds is 6. The number of ether oxygens (including phenoxy) is 1. The number of anilines is 1. The van der Waals surface area contributed by atoms with Crippen molar-refractivity contribution < 1.29 is 9.53 Å². The molecule has 2 heterocycles. The number of para-hydroxylation sites is 2. The van der Waals surface area contributed by atoms with Gasteiger partial charge in [-0.1, -0.05) is 72.3 Å². The van der Waals surface area contributed by atoms with Gasteiger partial charge in [0.25, 0.3) is 5.91 Å². The molecule has 0 saturated carbocycles. The van der Waals surface area contributed by atoms with Crippen LogP contribution in [0.4, 0.5) is 5.69 Å². The van der Waals surface area contributed by atoms with Crippen LogP contribution in [-0.2, 0) is 0 Å². The summed E-state index contributed by atoms with van der Waals surface area (Å²) < 4.78 is 6.24. The molecule has 3 aromatic carbocycles. The Labute approximate surface area is 201 Å². The van der Waals surface area contributed by atoms with Crippen molar-refractivity contribution in [2.24, 2.45) is 0 Å². The van der Waals surface area contributed by atoms with Crippen molar-refractivity contribution in [3.05, 3.63) is 107 Å². The maximum absolute atomic E-state index is 13.1. The van der Waals surface area contributed by atoms with E-state index in [-0.39, 0.29) is 5.91 Å². The summed E-state index contributed by atoms with van der Waals surface area (Å²) in [6.45, 7) is 1.88. The van der Waals surface area contributed by atoms with Crippen LogP contribution < -0.4 is 10.1 Å². The van der Waals surface area contributed by atoms with E-state index in [2.05, 4.69) is 20.5 Å². The van der Waals surface area contributed by atoms with E-state index >= 15 is 0 Å². The Morgan fingerprint density at radius 1 is 1.00 bits per heavy atom. The number of carbonyl (C=O) groups excluding carboxylic acids is 1. The third-order valence-electron chi connectivity index (χ3n) is 5.49. The maximum Gasteiger partial charge on any atom is 0.259 e. The molecule has 2 aromatic heterocycles. The van der Waals surface area contributed by atoms with E-state index in [4.69, 9.17) is 16.3 Å². The monoisotopic (exact) mass is 468 g/mol. The normalized spacial score (nSPS) is 11.8. The highest BCUT2D eigenvalue weighted by Crippen LogP contribution is 2.35. The second-order valence-electron chi connectivity index (χ2n) is 7.79. The first kappa shape index (κ1) is 21.7. The van der Waals surface area contributed by atoms with Gasteiger partial charge in [0.05, 0.1) is 28.5 Å². The first-order chi connectivity index (χ1) is 16.6. The standard InChI is InChI=1S/C27H21ClN4O2/c1-17(24-25(31-32-26(24)28)18-9-3-2-4-10-18)34-23-14-8-6-12-21(23)27(33)30-20-15-19-11-5-7-13-22(19)29-16-20/h2-17H,1H3,(H,30,33)(H,31,32). The lowest BCUT2D eigenvalue weighted by Gasteiger charge is -2.18. The van der Waals surface area contributed by atoms with Crippen LogP contribution in [0.3, 0.4) is 0 Å². The number of aromatic amines is 1. The maximum atomic E-state index is 13.1. The minimum absolute atomic E-state index is 0.290. The first-order valence-electron chi connectivity index (χ1n) is 10.8. The number of amides is 1. The highest BCUT2D eigenvalue weighted by Gasteiger charge is 2.23. The van der Waals surface area contributed by atoms with E-state index in [9.17, 15) is 4.79 Å². The van der Waals surface area contributed by atoms with Gasteiger partial charge in [-0.2, -0.15) is 5.10 Å². The van der Waals surface area contributed by atoms with Gasteiger partial charge in [-0.15, -0.1) is 0 Å². The molecule has 0 aliphatic heterocycles. The predicted octanol–water partition coefficient (Wildman–Crippen LogP) is 6.67. The van der Waals surface area contributed by atoms with Gasteiger partial charge in [0.2, 0.25) is 0 Å². The zero-order chi connectivity index (χ0) is 23.5. The number of carbonyl (C=O) groups is 1. The van der Waals surface area contributed by atoms with Crippen LogP contribution in [0.2, 0.25) is 5.15 Å². The Balaban J connectivity index is 1.40. The lowest BCUT2D eigenvalue weighted by atomic mass is 10.0. The van der Waals surface area contributed by atoms with Gasteiger partial charge in [-0.05, 0) is 31.2 Å². The number of hydrogen-bond acceptors (Lipinski definition) is 4. The van der Waals surface area contributed by atoms with E-state index in [0.29, 0.717) is 27.8 Å². The highest BCUT2D eigenvalue weighted by atomic mass is 35.5. The molecule has 168 valence electrons. The first-order valence-corrected chi connectivity index (χ1v) is 11.2. The Kier molecular flexibility index (Phi) is 5.97. The molecule has 0 aliphatic rings. The predicted molar refractivity (Wildman–Crippen MR) is 134 cm³/mol. The molecule has 0 bridgehead atoms. The lowest BCUT2D eigenvalue weighted by Crippen LogP contribution is -2.15. The number of benzene rings is 3. The molecule has 6 nitrogen and oxygen atoms in total. The summed E-state index contributed by atoms with van der Waals surface area (Å²) >= 11 is 6.43. The van der Waals surface area contributed by atoms with Crippen molar-refractivity contribution in [2.75, 3.05) is 5.32 Å². The van der Waals surface area contributed by atoms with E-state index in [1.54, 1.807) is 24.4 Å². The topological polar surface area (TPSA) is 79.9 Å². The number of fused-ring (bicyclic) bond motifs is 1. The van der Waals surface area contributed by atoms with E-state index in [1.807, 2.05) is 73.7 Å². The van der Waals surface area contributed by atoms with Crippen molar-refractivity contribution in [1.82, 2.24) is 15.2 Å².